The number of carbonyl (C=O) groups is 2. The van der Waals surface area contributed by atoms with Crippen LogP contribution in [0.5, 0.6) is 0 Å². The van der Waals surface area contributed by atoms with Gasteiger partial charge in [0.25, 0.3) is 11.8 Å². The van der Waals surface area contributed by atoms with Gasteiger partial charge in [0.2, 0.25) is 0 Å². The van der Waals surface area contributed by atoms with Gasteiger partial charge >= 0.3 is 0 Å². The molecule has 0 aliphatic carbocycles. The highest BCUT2D eigenvalue weighted by molar-refractivity contribution is 6.23. The molecular weight excluding hydrogens is 264 g/mol. The first-order valence-corrected chi connectivity index (χ1v) is 7.77. The van der Waals surface area contributed by atoms with Crippen molar-refractivity contribution in [2.45, 2.75) is 46.0 Å². The zero-order chi connectivity index (χ0) is 15.4. The van der Waals surface area contributed by atoms with E-state index in [-0.39, 0.29) is 11.8 Å². The van der Waals surface area contributed by atoms with Crippen LogP contribution in [-0.4, -0.2) is 23.3 Å². The molecule has 0 radical (unpaired) electrons. The standard InChI is InChI=1S/C17H24N2O2/c1-12(2)8-5-3-4-6-11-19-16(20)13-9-7-10-14(18)15(13)17(19)21/h7,9-10,12H,3-6,8,11,18H2,1-2H3. The molecule has 4 heteroatoms. The van der Waals surface area contributed by atoms with Crippen LogP contribution in [-0.2, 0) is 0 Å². The van der Waals surface area contributed by atoms with Crippen molar-refractivity contribution in [2.24, 2.45) is 5.92 Å². The molecule has 2 rings (SSSR count). The highest BCUT2D eigenvalue weighted by Crippen LogP contribution is 2.27. The van der Waals surface area contributed by atoms with E-state index in [0.717, 1.165) is 25.2 Å². The molecule has 0 unspecified atom stereocenters. The normalized spacial score (nSPS) is 14.1. The molecule has 2 amide bonds. The SMILES string of the molecule is CC(C)CCCCCCN1C(=O)c2cccc(N)c2C1=O. The fourth-order valence-corrected chi connectivity index (χ4v) is 2.74. The van der Waals surface area contributed by atoms with E-state index in [2.05, 4.69) is 13.8 Å². The Morgan fingerprint density at radius 3 is 2.43 bits per heavy atom. The number of rotatable bonds is 7. The van der Waals surface area contributed by atoms with Crippen LogP contribution in [0.4, 0.5) is 5.69 Å². The van der Waals surface area contributed by atoms with Crippen LogP contribution in [0, 0.1) is 5.92 Å². The number of carbonyl (C=O) groups excluding carboxylic acids is 2. The number of nitrogens with two attached hydrogens (primary N) is 1. The molecule has 0 fully saturated rings. The molecule has 1 aliphatic heterocycles. The van der Waals surface area contributed by atoms with E-state index >= 15 is 0 Å². The van der Waals surface area contributed by atoms with E-state index in [1.807, 2.05) is 0 Å². The Hall–Kier alpha value is -1.84. The van der Waals surface area contributed by atoms with Gasteiger partial charge in [-0.2, -0.15) is 0 Å². The zero-order valence-corrected chi connectivity index (χ0v) is 12.9. The molecule has 4 nitrogen and oxygen atoms in total. The van der Waals surface area contributed by atoms with Crippen LogP contribution in [0.2, 0.25) is 0 Å². The van der Waals surface area contributed by atoms with Gasteiger partial charge in [-0.05, 0) is 24.5 Å². The minimum atomic E-state index is -0.240. The van der Waals surface area contributed by atoms with Crippen molar-refractivity contribution in [3.8, 4) is 0 Å². The third-order valence-electron chi connectivity index (χ3n) is 3.94. The van der Waals surface area contributed by atoms with Gasteiger partial charge in [0, 0.05) is 12.2 Å². The number of fused-ring (bicyclic) bond motifs is 1. The molecule has 0 aromatic heterocycles. The molecule has 0 saturated carbocycles. The lowest BCUT2D eigenvalue weighted by molar-refractivity contribution is 0.0652. The summed E-state index contributed by atoms with van der Waals surface area (Å²) in [6.07, 6.45) is 5.53. The third kappa shape index (κ3) is 3.43. The molecule has 1 heterocycles. The third-order valence-corrected chi connectivity index (χ3v) is 3.94. The summed E-state index contributed by atoms with van der Waals surface area (Å²) in [5.41, 5.74) is 7.02. The maximum Gasteiger partial charge on any atom is 0.263 e. The van der Waals surface area contributed by atoms with Crippen molar-refractivity contribution in [2.75, 3.05) is 12.3 Å². The number of benzene rings is 1. The van der Waals surface area contributed by atoms with Gasteiger partial charge in [0.1, 0.15) is 0 Å². The summed E-state index contributed by atoms with van der Waals surface area (Å²) in [7, 11) is 0. The number of imide groups is 1. The molecule has 114 valence electrons. The van der Waals surface area contributed by atoms with Crippen LogP contribution >= 0.6 is 0 Å². The van der Waals surface area contributed by atoms with Crippen molar-refractivity contribution in [1.82, 2.24) is 4.90 Å². The van der Waals surface area contributed by atoms with Crippen LogP contribution in [0.15, 0.2) is 18.2 Å². The molecule has 0 bridgehead atoms. The molecule has 1 aromatic rings. The van der Waals surface area contributed by atoms with Crippen molar-refractivity contribution in [1.29, 1.82) is 0 Å². The molecule has 0 spiro atoms. The summed E-state index contributed by atoms with van der Waals surface area (Å²) in [6, 6.07) is 5.06. The van der Waals surface area contributed by atoms with Gasteiger partial charge in [-0.3, -0.25) is 14.5 Å². The van der Waals surface area contributed by atoms with Crippen LogP contribution in [0.25, 0.3) is 0 Å². The van der Waals surface area contributed by atoms with Gasteiger partial charge < -0.3 is 5.73 Å². The Bertz CT molecular complexity index is 538. The van der Waals surface area contributed by atoms with E-state index in [4.69, 9.17) is 5.73 Å². The Kier molecular flexibility index (Phi) is 4.99. The topological polar surface area (TPSA) is 63.4 Å². The number of hydrogen-bond acceptors (Lipinski definition) is 3. The minimum Gasteiger partial charge on any atom is -0.398 e. The summed E-state index contributed by atoms with van der Waals surface area (Å²) < 4.78 is 0. The van der Waals surface area contributed by atoms with E-state index in [1.54, 1.807) is 18.2 Å². The highest BCUT2D eigenvalue weighted by atomic mass is 16.2. The fourth-order valence-electron chi connectivity index (χ4n) is 2.74. The molecule has 0 atom stereocenters. The molecular formula is C17H24N2O2. The van der Waals surface area contributed by atoms with Crippen molar-refractivity contribution >= 4 is 17.5 Å². The number of nitrogens with zero attached hydrogens (tertiary/aromatic N) is 1. The van der Waals surface area contributed by atoms with Crippen molar-refractivity contribution in [3.63, 3.8) is 0 Å². The summed E-state index contributed by atoms with van der Waals surface area (Å²) in [5, 5.41) is 0. The van der Waals surface area contributed by atoms with Crippen molar-refractivity contribution < 1.29 is 9.59 Å². The first-order chi connectivity index (χ1) is 10.0. The largest absolute Gasteiger partial charge is 0.398 e. The van der Waals surface area contributed by atoms with Gasteiger partial charge in [-0.1, -0.05) is 45.6 Å². The molecule has 1 aromatic carbocycles. The summed E-state index contributed by atoms with van der Waals surface area (Å²) >= 11 is 0. The quantitative estimate of drug-likeness (QED) is 0.474. The second-order valence-electron chi connectivity index (χ2n) is 6.13. The number of unbranched alkanes of at least 4 members (excludes halogenated alkanes) is 3. The van der Waals surface area contributed by atoms with E-state index in [0.29, 0.717) is 23.4 Å². The monoisotopic (exact) mass is 288 g/mol. The second kappa shape index (κ2) is 6.74. The Balaban J connectivity index is 1.85. The van der Waals surface area contributed by atoms with E-state index in [1.165, 1.54) is 17.7 Å². The predicted octanol–water partition coefficient (Wildman–Crippen LogP) is 3.47. The number of nitrogen functional groups attached to an aromatic ring is 1. The first kappa shape index (κ1) is 15.5. The average molecular weight is 288 g/mol. The summed E-state index contributed by atoms with van der Waals surface area (Å²) in [6.45, 7) is 4.94. The lowest BCUT2D eigenvalue weighted by Crippen LogP contribution is -2.30. The fraction of sp³-hybridized carbons (Fsp3) is 0.529. The summed E-state index contributed by atoms with van der Waals surface area (Å²) in [5.74, 6) is 0.295. The first-order valence-electron chi connectivity index (χ1n) is 7.77. The number of anilines is 1. The van der Waals surface area contributed by atoms with Gasteiger partial charge in [0.15, 0.2) is 0 Å². The van der Waals surface area contributed by atoms with Gasteiger partial charge in [0.05, 0.1) is 11.1 Å². The van der Waals surface area contributed by atoms with Gasteiger partial charge in [-0.15, -0.1) is 0 Å². The number of hydrogen-bond donors (Lipinski definition) is 1. The average Bonchev–Trinajstić information content (AvgIpc) is 2.68. The van der Waals surface area contributed by atoms with Crippen LogP contribution in [0.1, 0.15) is 66.7 Å². The zero-order valence-electron chi connectivity index (χ0n) is 12.9. The van der Waals surface area contributed by atoms with Crippen LogP contribution < -0.4 is 5.73 Å². The lowest BCUT2D eigenvalue weighted by Gasteiger charge is -2.13. The van der Waals surface area contributed by atoms with E-state index < -0.39 is 0 Å². The smallest absolute Gasteiger partial charge is 0.263 e. The van der Waals surface area contributed by atoms with Gasteiger partial charge in [-0.25, -0.2) is 0 Å². The highest BCUT2D eigenvalue weighted by Gasteiger charge is 2.36. The maximum absolute atomic E-state index is 12.3. The van der Waals surface area contributed by atoms with Crippen LogP contribution in [0.3, 0.4) is 0 Å². The summed E-state index contributed by atoms with van der Waals surface area (Å²) in [4.78, 5) is 25.8. The minimum absolute atomic E-state index is 0.204. The van der Waals surface area contributed by atoms with E-state index in [9.17, 15) is 9.59 Å². The molecule has 2 N–H and O–H groups in total. The molecule has 1 aliphatic rings. The molecule has 0 saturated heterocycles. The Morgan fingerprint density at radius 2 is 1.76 bits per heavy atom. The maximum atomic E-state index is 12.3. The second-order valence-corrected chi connectivity index (χ2v) is 6.13. The Morgan fingerprint density at radius 1 is 1.05 bits per heavy atom. The predicted molar refractivity (Wildman–Crippen MR) is 84.1 cm³/mol. The lowest BCUT2D eigenvalue weighted by atomic mass is 10.0. The Labute approximate surface area is 126 Å². The van der Waals surface area contributed by atoms with Crippen molar-refractivity contribution in [3.05, 3.63) is 29.3 Å². The molecule has 21 heavy (non-hydrogen) atoms. The number of amides is 2.